The van der Waals surface area contributed by atoms with Crippen molar-refractivity contribution < 1.29 is 24.2 Å². The van der Waals surface area contributed by atoms with E-state index >= 15 is 0 Å². The molecule has 0 aliphatic heterocycles. The van der Waals surface area contributed by atoms with E-state index in [4.69, 9.17) is 4.74 Å². The maximum atomic E-state index is 12.0. The van der Waals surface area contributed by atoms with Gasteiger partial charge in [0.1, 0.15) is 11.3 Å². The number of amides is 2. The highest BCUT2D eigenvalue weighted by molar-refractivity contribution is 5.92. The molecule has 2 amide bonds. The van der Waals surface area contributed by atoms with Gasteiger partial charge in [0.2, 0.25) is 12.2 Å². The molecule has 26 heavy (non-hydrogen) atoms. The number of carbonyl (C=O) groups excluding carboxylic acids is 2. The minimum atomic E-state index is -1.23. The highest BCUT2D eigenvalue weighted by Crippen LogP contribution is 2.33. The summed E-state index contributed by atoms with van der Waals surface area (Å²) in [6.07, 6.45) is 1.34. The number of aromatic carboxylic acids is 1. The van der Waals surface area contributed by atoms with E-state index in [1.54, 1.807) is 33.9 Å². The number of imidazole rings is 1. The summed E-state index contributed by atoms with van der Waals surface area (Å²) in [7, 11) is 1.52. The van der Waals surface area contributed by atoms with E-state index < -0.39 is 17.7 Å². The van der Waals surface area contributed by atoms with Crippen LogP contribution in [0.5, 0.6) is 0 Å². The molecule has 2 aromatic rings. The highest BCUT2D eigenvalue weighted by atomic mass is 16.6. The average Bonchev–Trinajstić information content (AvgIpc) is 2.99. The van der Waals surface area contributed by atoms with Crippen LogP contribution in [-0.2, 0) is 16.6 Å². The molecule has 0 spiro atoms. The first-order valence-electron chi connectivity index (χ1n) is 7.73. The lowest BCUT2D eigenvalue weighted by Gasteiger charge is -2.19. The number of carboxylic acid groups (broad SMARTS) is 1. The zero-order chi connectivity index (χ0) is 19.6. The van der Waals surface area contributed by atoms with Crippen molar-refractivity contribution in [2.24, 2.45) is 7.05 Å². The molecule has 0 bridgehead atoms. The SMILES string of the molecule is Cc1c(NC(=O)OC(C)(C)C)c[nH]c1-c1c(NC=O)nc(C(=O)O)n1C. The second kappa shape index (κ2) is 6.90. The Hall–Kier alpha value is -3.30. The third-order valence-corrected chi connectivity index (χ3v) is 3.49. The fraction of sp³-hybridized carbons (Fsp3) is 0.375. The summed E-state index contributed by atoms with van der Waals surface area (Å²) < 4.78 is 6.55. The Morgan fingerprint density at radius 1 is 1.38 bits per heavy atom. The van der Waals surface area contributed by atoms with Gasteiger partial charge in [-0.25, -0.2) is 14.6 Å². The van der Waals surface area contributed by atoms with Crippen molar-refractivity contribution in [3.8, 4) is 11.4 Å². The Bertz CT molecular complexity index is 859. The van der Waals surface area contributed by atoms with Crippen LogP contribution < -0.4 is 10.6 Å². The first-order valence-corrected chi connectivity index (χ1v) is 7.73. The summed E-state index contributed by atoms with van der Waals surface area (Å²) in [6, 6.07) is 0. The Morgan fingerprint density at radius 3 is 2.58 bits per heavy atom. The number of hydrogen-bond acceptors (Lipinski definition) is 5. The largest absolute Gasteiger partial charge is 0.475 e. The maximum Gasteiger partial charge on any atom is 0.412 e. The molecule has 0 aliphatic rings. The van der Waals surface area contributed by atoms with Crippen LogP contribution in [0.3, 0.4) is 0 Å². The molecule has 0 atom stereocenters. The maximum absolute atomic E-state index is 12.0. The number of aromatic amines is 1. The van der Waals surface area contributed by atoms with E-state index in [-0.39, 0.29) is 11.6 Å². The molecule has 0 unspecified atom stereocenters. The van der Waals surface area contributed by atoms with Gasteiger partial charge in [-0.3, -0.25) is 10.1 Å². The van der Waals surface area contributed by atoms with Crippen molar-refractivity contribution in [2.75, 3.05) is 10.6 Å². The van der Waals surface area contributed by atoms with E-state index in [0.717, 1.165) is 0 Å². The van der Waals surface area contributed by atoms with E-state index in [2.05, 4.69) is 20.6 Å². The van der Waals surface area contributed by atoms with Crippen LogP contribution in [0.15, 0.2) is 6.20 Å². The van der Waals surface area contributed by atoms with Gasteiger partial charge in [-0.15, -0.1) is 0 Å². The minimum absolute atomic E-state index is 0.0914. The number of anilines is 2. The van der Waals surface area contributed by atoms with Gasteiger partial charge in [0.15, 0.2) is 5.82 Å². The first-order chi connectivity index (χ1) is 12.0. The summed E-state index contributed by atoms with van der Waals surface area (Å²) in [5, 5.41) is 14.3. The molecular weight excluding hydrogens is 342 g/mol. The van der Waals surface area contributed by atoms with Crippen molar-refractivity contribution in [1.29, 1.82) is 0 Å². The lowest BCUT2D eigenvalue weighted by atomic mass is 10.2. The molecule has 0 fully saturated rings. The summed E-state index contributed by atoms with van der Waals surface area (Å²) in [6.45, 7) is 6.99. The van der Waals surface area contributed by atoms with Crippen molar-refractivity contribution >= 4 is 30.0 Å². The molecular formula is C16H21N5O5. The summed E-state index contributed by atoms with van der Waals surface area (Å²) in [4.78, 5) is 41.0. The Kier molecular flexibility index (Phi) is 5.05. The fourth-order valence-electron chi connectivity index (χ4n) is 2.42. The average molecular weight is 363 g/mol. The molecule has 0 aromatic carbocycles. The zero-order valence-electron chi connectivity index (χ0n) is 15.1. The van der Waals surface area contributed by atoms with Gasteiger partial charge in [-0.2, -0.15) is 0 Å². The summed E-state index contributed by atoms with van der Waals surface area (Å²) >= 11 is 0. The van der Waals surface area contributed by atoms with Crippen molar-refractivity contribution in [3.05, 3.63) is 17.6 Å². The number of nitrogens with one attached hydrogen (secondary N) is 3. The quantitative estimate of drug-likeness (QED) is 0.601. The van der Waals surface area contributed by atoms with Gasteiger partial charge in [0, 0.05) is 13.2 Å². The lowest BCUT2D eigenvalue weighted by molar-refractivity contribution is -0.105. The number of H-pyrrole nitrogens is 1. The van der Waals surface area contributed by atoms with E-state index in [1.165, 1.54) is 11.6 Å². The van der Waals surface area contributed by atoms with Crippen molar-refractivity contribution in [3.63, 3.8) is 0 Å². The van der Waals surface area contributed by atoms with E-state index in [9.17, 15) is 19.5 Å². The standard InChI is InChI=1S/C16H21N5O5/c1-8-9(19-15(25)26-16(2,3)4)6-17-10(8)11-12(18-7-22)20-13(14(23)24)21(11)5/h6-7,17H,1-5H3,(H,18,22)(H,19,25)(H,23,24). The molecule has 0 radical (unpaired) electrons. The van der Waals surface area contributed by atoms with Crippen molar-refractivity contribution in [1.82, 2.24) is 14.5 Å². The van der Waals surface area contributed by atoms with Crippen LogP contribution in [0.1, 0.15) is 37.0 Å². The first kappa shape index (κ1) is 19.0. The van der Waals surface area contributed by atoms with Crippen LogP contribution in [0.4, 0.5) is 16.3 Å². The smallest absolute Gasteiger partial charge is 0.412 e. The normalized spacial score (nSPS) is 11.1. The lowest BCUT2D eigenvalue weighted by Crippen LogP contribution is -2.27. The van der Waals surface area contributed by atoms with Gasteiger partial charge in [-0.1, -0.05) is 0 Å². The summed E-state index contributed by atoms with van der Waals surface area (Å²) in [5.41, 5.74) is 1.32. The van der Waals surface area contributed by atoms with Crippen LogP contribution >= 0.6 is 0 Å². The summed E-state index contributed by atoms with van der Waals surface area (Å²) in [5.74, 6) is -1.38. The molecule has 140 valence electrons. The molecule has 2 aromatic heterocycles. The van der Waals surface area contributed by atoms with Crippen LogP contribution in [0.2, 0.25) is 0 Å². The molecule has 0 aliphatic carbocycles. The zero-order valence-corrected chi connectivity index (χ0v) is 15.1. The van der Waals surface area contributed by atoms with Crippen LogP contribution in [0, 0.1) is 6.92 Å². The number of rotatable bonds is 5. The van der Waals surface area contributed by atoms with Crippen LogP contribution in [-0.4, -0.2) is 43.7 Å². The van der Waals surface area contributed by atoms with E-state index in [1.807, 2.05) is 0 Å². The van der Waals surface area contributed by atoms with Crippen molar-refractivity contribution in [2.45, 2.75) is 33.3 Å². The second-order valence-corrected chi connectivity index (χ2v) is 6.59. The molecule has 2 heterocycles. The van der Waals surface area contributed by atoms with Gasteiger partial charge in [0.05, 0.1) is 11.4 Å². The minimum Gasteiger partial charge on any atom is -0.475 e. The third kappa shape index (κ3) is 3.85. The number of ether oxygens (including phenoxy) is 1. The predicted molar refractivity (Wildman–Crippen MR) is 94.2 cm³/mol. The van der Waals surface area contributed by atoms with Crippen LogP contribution in [0.25, 0.3) is 11.4 Å². The number of nitrogens with zero attached hydrogens (tertiary/aromatic N) is 2. The molecule has 10 nitrogen and oxygen atoms in total. The fourth-order valence-corrected chi connectivity index (χ4v) is 2.42. The highest BCUT2D eigenvalue weighted by Gasteiger charge is 2.24. The number of hydrogen-bond donors (Lipinski definition) is 4. The third-order valence-electron chi connectivity index (χ3n) is 3.49. The number of carboxylic acids is 1. The van der Waals surface area contributed by atoms with Gasteiger partial charge in [-0.05, 0) is 33.3 Å². The van der Waals surface area contributed by atoms with E-state index in [0.29, 0.717) is 29.0 Å². The molecule has 0 saturated carbocycles. The number of carbonyl (C=O) groups is 3. The van der Waals surface area contributed by atoms with Gasteiger partial charge in [0.25, 0.3) is 0 Å². The predicted octanol–water partition coefficient (Wildman–Crippen LogP) is 2.34. The molecule has 10 heteroatoms. The molecule has 0 saturated heterocycles. The second-order valence-electron chi connectivity index (χ2n) is 6.59. The Balaban J connectivity index is 2.42. The van der Waals surface area contributed by atoms with Gasteiger partial charge < -0.3 is 24.7 Å². The molecule has 2 rings (SSSR count). The molecule has 4 N–H and O–H groups in total. The number of aromatic nitrogens is 3. The monoisotopic (exact) mass is 363 g/mol. The topological polar surface area (TPSA) is 138 Å². The van der Waals surface area contributed by atoms with Gasteiger partial charge >= 0.3 is 12.1 Å². The Morgan fingerprint density at radius 2 is 2.04 bits per heavy atom. The Labute approximate surface area is 149 Å².